The van der Waals surface area contributed by atoms with E-state index in [4.69, 9.17) is 10.8 Å². The molecule has 0 bridgehead atoms. The summed E-state index contributed by atoms with van der Waals surface area (Å²) >= 11 is 0. The Balaban J connectivity index is 4.41. The summed E-state index contributed by atoms with van der Waals surface area (Å²) in [6.07, 6.45) is 0.782. The molecule has 0 aromatic rings. The minimum atomic E-state index is -1.13. The van der Waals surface area contributed by atoms with Crippen LogP contribution in [-0.4, -0.2) is 53.5 Å². The highest BCUT2D eigenvalue weighted by molar-refractivity contribution is 5.92. The zero-order valence-electron chi connectivity index (χ0n) is 16.2. The molecule has 26 heavy (non-hydrogen) atoms. The van der Waals surface area contributed by atoms with Crippen LogP contribution in [0.15, 0.2) is 0 Å². The average Bonchev–Trinajstić information content (AvgIpc) is 2.50. The van der Waals surface area contributed by atoms with E-state index >= 15 is 0 Å². The van der Waals surface area contributed by atoms with Crippen molar-refractivity contribution in [3.63, 3.8) is 0 Å². The number of nitrogens with one attached hydrogen (secondary N) is 3. The van der Waals surface area contributed by atoms with Crippen molar-refractivity contribution in [3.05, 3.63) is 0 Å². The SMILES string of the molecule is CC(C)CC(N)C(=O)NCC(=O)NC(C)C(=O)NC(CC(C)C)C(=O)O. The normalized spacial score (nSPS) is 14.5. The molecule has 0 aliphatic heterocycles. The summed E-state index contributed by atoms with van der Waals surface area (Å²) in [6.45, 7) is 8.69. The van der Waals surface area contributed by atoms with Crippen LogP contribution >= 0.6 is 0 Å². The van der Waals surface area contributed by atoms with Crippen LogP contribution in [0.5, 0.6) is 0 Å². The largest absolute Gasteiger partial charge is 0.480 e. The van der Waals surface area contributed by atoms with Gasteiger partial charge in [0.2, 0.25) is 17.7 Å². The van der Waals surface area contributed by atoms with Gasteiger partial charge in [-0.05, 0) is 31.6 Å². The third kappa shape index (κ3) is 9.97. The van der Waals surface area contributed by atoms with Crippen molar-refractivity contribution >= 4 is 23.7 Å². The lowest BCUT2D eigenvalue weighted by atomic mass is 10.0. The van der Waals surface area contributed by atoms with Crippen molar-refractivity contribution in [2.75, 3.05) is 6.54 Å². The molecule has 0 heterocycles. The molecule has 3 unspecified atom stereocenters. The van der Waals surface area contributed by atoms with Gasteiger partial charge in [-0.3, -0.25) is 14.4 Å². The number of carboxylic acids is 1. The lowest BCUT2D eigenvalue weighted by Crippen LogP contribution is -2.52. The molecule has 0 spiro atoms. The van der Waals surface area contributed by atoms with Crippen LogP contribution in [0.2, 0.25) is 0 Å². The number of rotatable bonds is 11. The average molecular weight is 372 g/mol. The molecule has 9 nitrogen and oxygen atoms in total. The summed E-state index contributed by atoms with van der Waals surface area (Å²) in [6, 6.07) is -2.65. The molecule has 3 amide bonds. The number of hydrogen-bond acceptors (Lipinski definition) is 5. The predicted octanol–water partition coefficient (Wildman–Crippen LogP) is -0.404. The van der Waals surface area contributed by atoms with Crippen LogP contribution in [0.1, 0.15) is 47.5 Å². The van der Waals surface area contributed by atoms with Gasteiger partial charge in [0, 0.05) is 0 Å². The van der Waals surface area contributed by atoms with Crippen molar-refractivity contribution in [3.8, 4) is 0 Å². The van der Waals surface area contributed by atoms with Crippen molar-refractivity contribution in [1.29, 1.82) is 0 Å². The highest BCUT2D eigenvalue weighted by Crippen LogP contribution is 2.05. The van der Waals surface area contributed by atoms with Crippen LogP contribution in [0.4, 0.5) is 0 Å². The Morgan fingerprint density at radius 1 is 0.885 bits per heavy atom. The van der Waals surface area contributed by atoms with E-state index in [-0.39, 0.29) is 24.8 Å². The molecule has 0 aliphatic carbocycles. The van der Waals surface area contributed by atoms with Gasteiger partial charge in [-0.25, -0.2) is 4.79 Å². The number of carbonyl (C=O) groups excluding carboxylic acids is 3. The molecule has 150 valence electrons. The monoisotopic (exact) mass is 372 g/mol. The molecule has 0 rings (SSSR count). The number of aliphatic carboxylic acids is 1. The third-order valence-corrected chi connectivity index (χ3v) is 3.58. The third-order valence-electron chi connectivity index (χ3n) is 3.58. The van der Waals surface area contributed by atoms with E-state index in [0.29, 0.717) is 6.42 Å². The van der Waals surface area contributed by atoms with Crippen molar-refractivity contribution in [1.82, 2.24) is 16.0 Å². The summed E-state index contributed by atoms with van der Waals surface area (Å²) in [7, 11) is 0. The highest BCUT2D eigenvalue weighted by atomic mass is 16.4. The van der Waals surface area contributed by atoms with Gasteiger partial charge >= 0.3 is 5.97 Å². The maximum absolute atomic E-state index is 12.0. The maximum Gasteiger partial charge on any atom is 0.326 e. The molecule has 0 fully saturated rings. The second-order valence-electron chi connectivity index (χ2n) is 7.27. The Bertz CT molecular complexity index is 507. The minimum Gasteiger partial charge on any atom is -0.480 e. The van der Waals surface area contributed by atoms with Gasteiger partial charge in [0.1, 0.15) is 12.1 Å². The lowest BCUT2D eigenvalue weighted by molar-refractivity contribution is -0.142. The number of amides is 3. The molecule has 0 saturated heterocycles. The van der Waals surface area contributed by atoms with E-state index in [1.165, 1.54) is 6.92 Å². The van der Waals surface area contributed by atoms with E-state index in [2.05, 4.69) is 16.0 Å². The zero-order chi connectivity index (χ0) is 20.4. The fourth-order valence-corrected chi connectivity index (χ4v) is 2.26. The minimum absolute atomic E-state index is 0.0894. The van der Waals surface area contributed by atoms with Crippen LogP contribution in [0.25, 0.3) is 0 Å². The van der Waals surface area contributed by atoms with Gasteiger partial charge in [0.25, 0.3) is 0 Å². The first-order valence-corrected chi connectivity index (χ1v) is 8.79. The first kappa shape index (κ1) is 23.8. The summed E-state index contributed by atoms with van der Waals surface area (Å²) in [5, 5.41) is 16.4. The van der Waals surface area contributed by atoms with E-state index in [9.17, 15) is 19.2 Å². The van der Waals surface area contributed by atoms with Crippen LogP contribution < -0.4 is 21.7 Å². The number of carboxylic acid groups (broad SMARTS) is 1. The van der Waals surface area contributed by atoms with Crippen LogP contribution in [0.3, 0.4) is 0 Å². The Hall–Kier alpha value is -2.16. The second kappa shape index (κ2) is 11.5. The van der Waals surface area contributed by atoms with E-state index < -0.39 is 41.8 Å². The fraction of sp³-hybridized carbons (Fsp3) is 0.765. The molecular weight excluding hydrogens is 340 g/mol. The summed E-state index contributed by atoms with van der Waals surface area (Å²) in [4.78, 5) is 46.8. The molecule has 0 aromatic heterocycles. The van der Waals surface area contributed by atoms with E-state index in [1.807, 2.05) is 27.7 Å². The summed E-state index contributed by atoms with van der Waals surface area (Å²) in [5.41, 5.74) is 5.71. The molecule has 0 aliphatic rings. The lowest BCUT2D eigenvalue weighted by Gasteiger charge is -2.20. The first-order chi connectivity index (χ1) is 11.9. The molecule has 9 heteroatoms. The summed E-state index contributed by atoms with van der Waals surface area (Å²) in [5.74, 6) is -2.39. The Morgan fingerprint density at radius 2 is 1.42 bits per heavy atom. The van der Waals surface area contributed by atoms with Crippen LogP contribution in [0, 0.1) is 11.8 Å². The van der Waals surface area contributed by atoms with Gasteiger partial charge in [-0.1, -0.05) is 27.7 Å². The first-order valence-electron chi connectivity index (χ1n) is 8.79. The van der Waals surface area contributed by atoms with Gasteiger partial charge < -0.3 is 26.8 Å². The van der Waals surface area contributed by atoms with E-state index in [0.717, 1.165) is 0 Å². The molecule has 6 N–H and O–H groups in total. The Labute approximate surface area is 154 Å². The molecule has 0 aromatic carbocycles. The van der Waals surface area contributed by atoms with Gasteiger partial charge in [-0.15, -0.1) is 0 Å². The molecule has 3 atom stereocenters. The van der Waals surface area contributed by atoms with E-state index in [1.54, 1.807) is 0 Å². The Morgan fingerprint density at radius 3 is 1.88 bits per heavy atom. The summed E-state index contributed by atoms with van der Waals surface area (Å²) < 4.78 is 0. The van der Waals surface area contributed by atoms with Gasteiger partial charge in [-0.2, -0.15) is 0 Å². The predicted molar refractivity (Wildman–Crippen MR) is 97.1 cm³/mol. The number of hydrogen-bond donors (Lipinski definition) is 5. The van der Waals surface area contributed by atoms with Gasteiger partial charge in [0.15, 0.2) is 0 Å². The Kier molecular flexibility index (Phi) is 10.5. The number of carbonyl (C=O) groups is 4. The van der Waals surface area contributed by atoms with Gasteiger partial charge in [0.05, 0.1) is 12.6 Å². The fourth-order valence-electron chi connectivity index (χ4n) is 2.26. The smallest absolute Gasteiger partial charge is 0.326 e. The van der Waals surface area contributed by atoms with Crippen molar-refractivity contribution in [2.45, 2.75) is 65.6 Å². The molecular formula is C17H32N4O5. The van der Waals surface area contributed by atoms with Crippen LogP contribution in [-0.2, 0) is 19.2 Å². The zero-order valence-corrected chi connectivity index (χ0v) is 16.2. The highest BCUT2D eigenvalue weighted by Gasteiger charge is 2.24. The quantitative estimate of drug-likeness (QED) is 0.333. The second-order valence-corrected chi connectivity index (χ2v) is 7.27. The molecule has 0 saturated carbocycles. The topological polar surface area (TPSA) is 151 Å². The standard InChI is InChI=1S/C17H32N4O5/c1-9(2)6-12(18)16(24)19-8-14(22)20-11(5)15(23)21-13(17(25)26)7-10(3)4/h9-13H,6-8,18H2,1-5H3,(H,19,24)(H,20,22)(H,21,23)(H,25,26). The van der Waals surface area contributed by atoms with Crippen molar-refractivity contribution < 1.29 is 24.3 Å². The maximum atomic E-state index is 12.0. The van der Waals surface area contributed by atoms with Crippen molar-refractivity contribution in [2.24, 2.45) is 17.6 Å². The number of nitrogens with two attached hydrogens (primary N) is 1. The molecule has 0 radical (unpaired) electrons.